The number of nitrogens with zero attached hydrogens (tertiary/aromatic N) is 3. The number of hydrogen-bond acceptors (Lipinski definition) is 6. The summed E-state index contributed by atoms with van der Waals surface area (Å²) in [6, 6.07) is 18.3. The summed E-state index contributed by atoms with van der Waals surface area (Å²) >= 11 is 0. The SMILES string of the molecule is COc1cc(C(=O)/C=C/c2cn(Cc3ccccc3)nc2-c2cccnc2)ccc1OCC(=O)O. The minimum atomic E-state index is -1.10. The molecule has 0 aliphatic rings. The van der Waals surface area contributed by atoms with Gasteiger partial charge in [-0.3, -0.25) is 14.5 Å². The van der Waals surface area contributed by atoms with E-state index >= 15 is 0 Å². The van der Waals surface area contributed by atoms with E-state index in [4.69, 9.17) is 19.7 Å². The quantitative estimate of drug-likeness (QED) is 0.272. The second-order valence-corrected chi connectivity index (χ2v) is 7.60. The van der Waals surface area contributed by atoms with Gasteiger partial charge in [0.05, 0.1) is 13.7 Å². The van der Waals surface area contributed by atoms with E-state index in [9.17, 15) is 9.59 Å². The summed E-state index contributed by atoms with van der Waals surface area (Å²) in [5, 5.41) is 13.5. The van der Waals surface area contributed by atoms with Gasteiger partial charge in [-0.1, -0.05) is 30.3 Å². The Labute approximate surface area is 202 Å². The van der Waals surface area contributed by atoms with Crippen LogP contribution in [0.15, 0.2) is 85.3 Å². The zero-order valence-corrected chi connectivity index (χ0v) is 19.0. The van der Waals surface area contributed by atoms with Crippen molar-refractivity contribution in [1.82, 2.24) is 14.8 Å². The molecule has 0 atom stereocenters. The van der Waals surface area contributed by atoms with Gasteiger partial charge in [0, 0.05) is 35.3 Å². The molecule has 0 spiro atoms. The molecule has 4 rings (SSSR count). The highest BCUT2D eigenvalue weighted by molar-refractivity contribution is 6.07. The van der Waals surface area contributed by atoms with Crippen molar-refractivity contribution < 1.29 is 24.2 Å². The lowest BCUT2D eigenvalue weighted by molar-refractivity contribution is -0.139. The lowest BCUT2D eigenvalue weighted by Crippen LogP contribution is -2.10. The van der Waals surface area contributed by atoms with E-state index < -0.39 is 12.6 Å². The Hall–Kier alpha value is -4.72. The third-order valence-corrected chi connectivity index (χ3v) is 5.13. The molecule has 0 aliphatic carbocycles. The average molecular weight is 469 g/mol. The number of carboxylic acids is 1. The number of allylic oxidation sites excluding steroid dienone is 1. The molecular weight excluding hydrogens is 446 g/mol. The van der Waals surface area contributed by atoms with E-state index in [1.165, 1.54) is 25.3 Å². The minimum absolute atomic E-state index is 0.247. The number of aromatic nitrogens is 3. The third-order valence-electron chi connectivity index (χ3n) is 5.13. The third kappa shape index (κ3) is 6.00. The van der Waals surface area contributed by atoms with Crippen LogP contribution in [0.4, 0.5) is 0 Å². The summed E-state index contributed by atoms with van der Waals surface area (Å²) < 4.78 is 12.3. The van der Waals surface area contributed by atoms with Crippen molar-refractivity contribution in [3.63, 3.8) is 0 Å². The Morgan fingerprint density at radius 1 is 1.06 bits per heavy atom. The lowest BCUT2D eigenvalue weighted by atomic mass is 10.1. The van der Waals surface area contributed by atoms with Crippen molar-refractivity contribution in [2.24, 2.45) is 0 Å². The number of rotatable bonds is 10. The normalized spacial score (nSPS) is 10.9. The van der Waals surface area contributed by atoms with Crippen molar-refractivity contribution in [2.45, 2.75) is 6.54 Å². The topological polar surface area (TPSA) is 104 Å². The number of carboxylic acid groups (broad SMARTS) is 1. The van der Waals surface area contributed by atoms with Gasteiger partial charge in [-0.05, 0) is 48.0 Å². The van der Waals surface area contributed by atoms with Crippen LogP contribution < -0.4 is 9.47 Å². The first-order valence-electron chi connectivity index (χ1n) is 10.8. The molecule has 0 fully saturated rings. The van der Waals surface area contributed by atoms with Crippen LogP contribution in [0.5, 0.6) is 11.5 Å². The second kappa shape index (κ2) is 10.9. The van der Waals surface area contributed by atoms with E-state index in [1.807, 2.05) is 53.3 Å². The molecular formula is C27H23N3O5. The van der Waals surface area contributed by atoms with Gasteiger partial charge >= 0.3 is 5.97 Å². The predicted octanol–water partition coefficient (Wildman–Crippen LogP) is 4.36. The summed E-state index contributed by atoms with van der Waals surface area (Å²) in [6.07, 6.45) is 8.51. The van der Waals surface area contributed by atoms with Crippen molar-refractivity contribution in [2.75, 3.05) is 13.7 Å². The summed E-state index contributed by atoms with van der Waals surface area (Å²) in [7, 11) is 1.42. The van der Waals surface area contributed by atoms with Gasteiger partial charge in [0.25, 0.3) is 0 Å². The molecule has 0 saturated heterocycles. The Morgan fingerprint density at radius 2 is 1.89 bits per heavy atom. The van der Waals surface area contributed by atoms with Gasteiger partial charge in [0.2, 0.25) is 0 Å². The zero-order chi connectivity index (χ0) is 24.6. The predicted molar refractivity (Wildman–Crippen MR) is 130 cm³/mol. The molecule has 0 saturated carbocycles. The standard InChI is InChI=1S/C27H23N3O5/c1-34-25-14-20(10-12-24(25)35-18-26(32)33)23(31)11-9-22-17-30(16-19-6-3-2-4-7-19)29-27(22)21-8-5-13-28-15-21/h2-15,17H,16,18H2,1H3,(H,32,33)/b11-9+. The number of benzene rings is 2. The lowest BCUT2D eigenvalue weighted by Gasteiger charge is -2.09. The van der Waals surface area contributed by atoms with Crippen LogP contribution in [-0.2, 0) is 11.3 Å². The molecule has 0 amide bonds. The molecule has 8 nitrogen and oxygen atoms in total. The fourth-order valence-corrected chi connectivity index (χ4v) is 3.48. The fraction of sp³-hybridized carbons (Fsp3) is 0.111. The summed E-state index contributed by atoms with van der Waals surface area (Å²) in [4.78, 5) is 27.8. The average Bonchev–Trinajstić information content (AvgIpc) is 3.29. The first-order chi connectivity index (χ1) is 17.0. The van der Waals surface area contributed by atoms with E-state index in [2.05, 4.69) is 4.98 Å². The maximum absolute atomic E-state index is 12.9. The first-order valence-corrected chi connectivity index (χ1v) is 10.8. The molecule has 8 heteroatoms. The van der Waals surface area contributed by atoms with Gasteiger partial charge in [-0.2, -0.15) is 5.10 Å². The van der Waals surface area contributed by atoms with E-state index in [0.717, 1.165) is 16.7 Å². The van der Waals surface area contributed by atoms with Crippen molar-refractivity contribution in [3.8, 4) is 22.8 Å². The Bertz CT molecular complexity index is 1350. The van der Waals surface area contributed by atoms with Gasteiger partial charge in [0.15, 0.2) is 23.9 Å². The fourth-order valence-electron chi connectivity index (χ4n) is 3.48. The molecule has 2 aromatic heterocycles. The number of aliphatic carboxylic acids is 1. The Morgan fingerprint density at radius 3 is 2.60 bits per heavy atom. The molecule has 35 heavy (non-hydrogen) atoms. The molecule has 2 aromatic carbocycles. The van der Waals surface area contributed by atoms with Gasteiger partial charge in [0.1, 0.15) is 5.69 Å². The smallest absolute Gasteiger partial charge is 0.341 e. The van der Waals surface area contributed by atoms with Crippen LogP contribution >= 0.6 is 0 Å². The largest absolute Gasteiger partial charge is 0.493 e. The zero-order valence-electron chi connectivity index (χ0n) is 19.0. The summed E-state index contributed by atoms with van der Waals surface area (Å²) in [5.41, 5.74) is 3.81. The number of pyridine rings is 1. The monoisotopic (exact) mass is 469 g/mol. The number of carbonyl (C=O) groups excluding carboxylic acids is 1. The van der Waals surface area contributed by atoms with E-state index in [-0.39, 0.29) is 17.3 Å². The second-order valence-electron chi connectivity index (χ2n) is 7.60. The first kappa shape index (κ1) is 23.4. The van der Waals surface area contributed by atoms with E-state index in [0.29, 0.717) is 17.8 Å². The molecule has 0 bridgehead atoms. The number of ether oxygens (including phenoxy) is 2. The van der Waals surface area contributed by atoms with Crippen LogP contribution in [0.25, 0.3) is 17.3 Å². The van der Waals surface area contributed by atoms with Crippen molar-refractivity contribution in [1.29, 1.82) is 0 Å². The van der Waals surface area contributed by atoms with Crippen LogP contribution in [0.3, 0.4) is 0 Å². The number of ketones is 1. The molecule has 0 unspecified atom stereocenters. The Balaban J connectivity index is 1.59. The highest BCUT2D eigenvalue weighted by atomic mass is 16.5. The van der Waals surface area contributed by atoms with E-state index in [1.54, 1.807) is 24.5 Å². The highest BCUT2D eigenvalue weighted by Gasteiger charge is 2.13. The molecule has 0 radical (unpaired) electrons. The minimum Gasteiger partial charge on any atom is -0.493 e. The summed E-state index contributed by atoms with van der Waals surface area (Å²) in [5.74, 6) is -0.831. The number of methoxy groups -OCH3 is 1. The van der Waals surface area contributed by atoms with Crippen LogP contribution in [-0.4, -0.2) is 45.3 Å². The van der Waals surface area contributed by atoms with Crippen molar-refractivity contribution >= 4 is 17.8 Å². The van der Waals surface area contributed by atoms with Crippen LogP contribution in [0.2, 0.25) is 0 Å². The highest BCUT2D eigenvalue weighted by Crippen LogP contribution is 2.29. The molecule has 0 aliphatic heterocycles. The molecule has 2 heterocycles. The number of carbonyl (C=O) groups is 2. The van der Waals surface area contributed by atoms with Crippen molar-refractivity contribution in [3.05, 3.63) is 102 Å². The number of hydrogen-bond donors (Lipinski definition) is 1. The molecule has 4 aromatic rings. The summed E-state index contributed by atoms with van der Waals surface area (Å²) in [6.45, 7) is 0.0819. The molecule has 176 valence electrons. The van der Waals surface area contributed by atoms with Gasteiger partial charge in [-0.15, -0.1) is 0 Å². The van der Waals surface area contributed by atoms with Gasteiger partial charge < -0.3 is 14.6 Å². The van der Waals surface area contributed by atoms with Crippen LogP contribution in [0, 0.1) is 0 Å². The maximum Gasteiger partial charge on any atom is 0.341 e. The molecule has 1 N–H and O–H groups in total. The maximum atomic E-state index is 12.9. The Kier molecular flexibility index (Phi) is 7.32. The van der Waals surface area contributed by atoms with Crippen LogP contribution in [0.1, 0.15) is 21.5 Å². The van der Waals surface area contributed by atoms with Gasteiger partial charge in [-0.25, -0.2) is 4.79 Å².